The molecule has 0 atom stereocenters. The molecule has 1 aliphatic carbocycles. The summed E-state index contributed by atoms with van der Waals surface area (Å²) in [5, 5.41) is 2.94. The van der Waals surface area contributed by atoms with Crippen molar-refractivity contribution in [2.24, 2.45) is 5.92 Å². The lowest BCUT2D eigenvalue weighted by Crippen LogP contribution is -2.34. The third kappa shape index (κ3) is 4.02. The minimum absolute atomic E-state index is 0.201. The molecule has 96 valence electrons. The molecule has 0 aromatic heterocycles. The van der Waals surface area contributed by atoms with Crippen LogP contribution in [-0.2, 0) is 9.59 Å². The maximum Gasteiger partial charge on any atom is 0.223 e. The van der Waals surface area contributed by atoms with E-state index in [0.717, 1.165) is 45.2 Å². The summed E-state index contributed by atoms with van der Waals surface area (Å²) in [7, 11) is 0. The number of rotatable bonds is 5. The van der Waals surface area contributed by atoms with Gasteiger partial charge in [0.1, 0.15) is 0 Å². The van der Waals surface area contributed by atoms with E-state index in [0.29, 0.717) is 13.0 Å². The Hall–Kier alpha value is -1.06. The summed E-state index contributed by atoms with van der Waals surface area (Å²) in [6.45, 7) is 2.40. The number of hydrogen-bond acceptors (Lipinski definition) is 2. The lowest BCUT2D eigenvalue weighted by atomic mass is 10.2. The molecule has 0 unspecified atom stereocenters. The Morgan fingerprint density at radius 1 is 1.29 bits per heavy atom. The van der Waals surface area contributed by atoms with Crippen LogP contribution < -0.4 is 5.32 Å². The quantitative estimate of drug-likeness (QED) is 0.734. The molecular weight excluding hydrogens is 216 g/mol. The van der Waals surface area contributed by atoms with Gasteiger partial charge in [0.2, 0.25) is 11.8 Å². The Kier molecular flexibility index (Phi) is 4.40. The van der Waals surface area contributed by atoms with E-state index in [1.54, 1.807) is 0 Å². The molecule has 0 aromatic carbocycles. The summed E-state index contributed by atoms with van der Waals surface area (Å²) < 4.78 is 0. The smallest absolute Gasteiger partial charge is 0.223 e. The average Bonchev–Trinajstić information content (AvgIpc) is 3.13. The van der Waals surface area contributed by atoms with Crippen LogP contribution in [0.4, 0.5) is 0 Å². The highest BCUT2D eigenvalue weighted by molar-refractivity contribution is 5.80. The van der Waals surface area contributed by atoms with Crippen molar-refractivity contribution in [2.75, 3.05) is 19.6 Å². The van der Waals surface area contributed by atoms with Gasteiger partial charge in [-0.05, 0) is 32.1 Å². The van der Waals surface area contributed by atoms with E-state index in [1.807, 2.05) is 4.90 Å². The molecule has 0 spiro atoms. The molecule has 1 saturated heterocycles. The number of likely N-dealkylation sites (tertiary alicyclic amines) is 1. The number of carbonyl (C=O) groups excluding carboxylic acids is 2. The fraction of sp³-hybridized carbons (Fsp3) is 0.846. The summed E-state index contributed by atoms with van der Waals surface area (Å²) in [6, 6.07) is 0. The predicted molar refractivity (Wildman–Crippen MR) is 65.4 cm³/mol. The van der Waals surface area contributed by atoms with Crippen molar-refractivity contribution in [2.45, 2.75) is 44.9 Å². The molecule has 2 rings (SSSR count). The van der Waals surface area contributed by atoms with Crippen molar-refractivity contribution in [1.82, 2.24) is 10.2 Å². The minimum Gasteiger partial charge on any atom is -0.356 e. The van der Waals surface area contributed by atoms with Crippen LogP contribution in [0, 0.1) is 5.92 Å². The van der Waals surface area contributed by atoms with Crippen LogP contribution in [0.3, 0.4) is 0 Å². The highest BCUT2D eigenvalue weighted by Gasteiger charge is 2.29. The number of nitrogens with zero attached hydrogens (tertiary/aromatic N) is 1. The van der Waals surface area contributed by atoms with Gasteiger partial charge in [-0.15, -0.1) is 0 Å². The summed E-state index contributed by atoms with van der Waals surface area (Å²) >= 11 is 0. The Morgan fingerprint density at radius 3 is 2.88 bits per heavy atom. The van der Waals surface area contributed by atoms with Crippen LogP contribution >= 0.6 is 0 Å². The van der Waals surface area contributed by atoms with Gasteiger partial charge in [0, 0.05) is 32.0 Å². The molecule has 1 heterocycles. The number of hydrogen-bond donors (Lipinski definition) is 1. The van der Waals surface area contributed by atoms with Gasteiger partial charge in [0.15, 0.2) is 0 Å². The van der Waals surface area contributed by atoms with E-state index in [4.69, 9.17) is 0 Å². The van der Waals surface area contributed by atoms with E-state index in [-0.39, 0.29) is 17.7 Å². The van der Waals surface area contributed by atoms with Crippen molar-refractivity contribution in [1.29, 1.82) is 0 Å². The molecule has 2 aliphatic rings. The van der Waals surface area contributed by atoms with Crippen LogP contribution in [0.1, 0.15) is 44.9 Å². The third-order valence-electron chi connectivity index (χ3n) is 3.52. The van der Waals surface area contributed by atoms with Gasteiger partial charge in [-0.25, -0.2) is 0 Å². The van der Waals surface area contributed by atoms with E-state index in [9.17, 15) is 9.59 Å². The molecule has 2 amide bonds. The molecule has 1 aliphatic heterocycles. The second-order valence-electron chi connectivity index (χ2n) is 5.11. The highest BCUT2D eigenvalue weighted by atomic mass is 16.2. The monoisotopic (exact) mass is 238 g/mol. The van der Waals surface area contributed by atoms with Crippen LogP contribution in [0.5, 0.6) is 0 Å². The first-order valence-corrected chi connectivity index (χ1v) is 6.83. The lowest BCUT2D eigenvalue weighted by molar-refractivity contribution is -0.130. The van der Waals surface area contributed by atoms with Gasteiger partial charge < -0.3 is 10.2 Å². The van der Waals surface area contributed by atoms with Crippen LogP contribution in [0.2, 0.25) is 0 Å². The zero-order valence-corrected chi connectivity index (χ0v) is 10.4. The molecule has 0 radical (unpaired) electrons. The maximum atomic E-state index is 11.7. The van der Waals surface area contributed by atoms with E-state index >= 15 is 0 Å². The Morgan fingerprint density at radius 2 is 2.12 bits per heavy atom. The maximum absolute atomic E-state index is 11.7. The van der Waals surface area contributed by atoms with Gasteiger partial charge in [0.05, 0.1) is 0 Å². The highest BCUT2D eigenvalue weighted by Crippen LogP contribution is 2.28. The summed E-state index contributed by atoms with van der Waals surface area (Å²) in [5.41, 5.74) is 0. The molecule has 1 N–H and O–H groups in total. The van der Waals surface area contributed by atoms with Crippen molar-refractivity contribution < 1.29 is 9.59 Å². The van der Waals surface area contributed by atoms with Gasteiger partial charge in [-0.2, -0.15) is 0 Å². The number of amides is 2. The van der Waals surface area contributed by atoms with E-state index in [2.05, 4.69) is 5.32 Å². The zero-order chi connectivity index (χ0) is 12.1. The Bertz CT molecular complexity index is 287. The SMILES string of the molecule is O=C(NCCCN1CCCCCC1=O)C1CC1. The lowest BCUT2D eigenvalue weighted by Gasteiger charge is -2.20. The molecule has 4 nitrogen and oxygen atoms in total. The Labute approximate surface area is 103 Å². The van der Waals surface area contributed by atoms with Gasteiger partial charge in [-0.3, -0.25) is 9.59 Å². The largest absolute Gasteiger partial charge is 0.356 e. The second kappa shape index (κ2) is 6.03. The van der Waals surface area contributed by atoms with Crippen LogP contribution in [0.25, 0.3) is 0 Å². The molecule has 1 saturated carbocycles. The first-order valence-electron chi connectivity index (χ1n) is 6.83. The predicted octanol–water partition coefficient (Wildman–Crippen LogP) is 1.31. The second-order valence-corrected chi connectivity index (χ2v) is 5.11. The minimum atomic E-state index is 0.201. The van der Waals surface area contributed by atoms with Crippen molar-refractivity contribution in [3.05, 3.63) is 0 Å². The van der Waals surface area contributed by atoms with Crippen molar-refractivity contribution in [3.63, 3.8) is 0 Å². The first-order chi connectivity index (χ1) is 8.27. The topological polar surface area (TPSA) is 49.4 Å². The normalized spacial score (nSPS) is 21.2. The molecule has 4 heteroatoms. The van der Waals surface area contributed by atoms with Gasteiger partial charge in [0.25, 0.3) is 0 Å². The van der Waals surface area contributed by atoms with Crippen molar-refractivity contribution >= 4 is 11.8 Å². The fourth-order valence-electron chi connectivity index (χ4n) is 2.25. The summed E-state index contributed by atoms with van der Waals surface area (Å²) in [5.74, 6) is 0.776. The molecule has 2 fully saturated rings. The molecule has 0 aromatic rings. The van der Waals surface area contributed by atoms with Crippen molar-refractivity contribution in [3.8, 4) is 0 Å². The summed E-state index contributed by atoms with van der Waals surface area (Å²) in [4.78, 5) is 25.0. The summed E-state index contributed by atoms with van der Waals surface area (Å²) in [6.07, 6.45) is 7.01. The molecule has 0 bridgehead atoms. The number of carbonyl (C=O) groups is 2. The van der Waals surface area contributed by atoms with Crippen LogP contribution in [-0.4, -0.2) is 36.3 Å². The molecule has 17 heavy (non-hydrogen) atoms. The first kappa shape index (κ1) is 12.4. The van der Waals surface area contributed by atoms with Gasteiger partial charge >= 0.3 is 0 Å². The third-order valence-corrected chi connectivity index (χ3v) is 3.52. The fourth-order valence-corrected chi connectivity index (χ4v) is 2.25. The zero-order valence-electron chi connectivity index (χ0n) is 10.4. The van der Waals surface area contributed by atoms with E-state index in [1.165, 1.54) is 6.42 Å². The average molecular weight is 238 g/mol. The number of nitrogens with one attached hydrogen (secondary N) is 1. The van der Waals surface area contributed by atoms with E-state index < -0.39 is 0 Å². The van der Waals surface area contributed by atoms with Crippen LogP contribution in [0.15, 0.2) is 0 Å². The van der Waals surface area contributed by atoms with Gasteiger partial charge in [-0.1, -0.05) is 6.42 Å². The molecular formula is C13H22N2O2. The standard InChI is InChI=1S/C13H22N2O2/c16-12-5-2-1-3-9-15(12)10-4-8-14-13(17)11-6-7-11/h11H,1-10H2,(H,14,17). The Balaban J connectivity index is 1.59.